The summed E-state index contributed by atoms with van der Waals surface area (Å²) in [6.07, 6.45) is 3.46. The van der Waals surface area contributed by atoms with Gasteiger partial charge in [-0.15, -0.1) is 28.2 Å². The lowest BCUT2D eigenvalue weighted by Gasteiger charge is -2.22. The zero-order valence-corrected chi connectivity index (χ0v) is 14.4. The second-order valence-corrected chi connectivity index (χ2v) is 7.40. The summed E-state index contributed by atoms with van der Waals surface area (Å²) < 4.78 is 1.56. The Kier molecular flexibility index (Phi) is 4.62. The number of hydrogen-bond acceptors (Lipinski definition) is 7. The van der Waals surface area contributed by atoms with Gasteiger partial charge < -0.3 is 10.2 Å². The fourth-order valence-corrected chi connectivity index (χ4v) is 4.08. The van der Waals surface area contributed by atoms with Crippen LogP contribution in [0.1, 0.15) is 10.6 Å². The highest BCUT2D eigenvalue weighted by Gasteiger charge is 2.35. The number of nitrogens with one attached hydrogen (secondary N) is 1. The smallest absolute Gasteiger partial charge is 0.249 e. The summed E-state index contributed by atoms with van der Waals surface area (Å²) in [4.78, 5) is 31.7. The number of aromatic nitrogens is 4. The summed E-state index contributed by atoms with van der Waals surface area (Å²) in [6, 6.07) is -0.474. The van der Waals surface area contributed by atoms with Crippen LogP contribution in [0.3, 0.4) is 0 Å². The summed E-state index contributed by atoms with van der Waals surface area (Å²) in [6.45, 7) is 1.93. The van der Waals surface area contributed by atoms with Crippen molar-refractivity contribution in [2.75, 3.05) is 16.9 Å². The van der Waals surface area contributed by atoms with Gasteiger partial charge in [0.05, 0.1) is 24.2 Å². The van der Waals surface area contributed by atoms with E-state index in [0.717, 1.165) is 10.6 Å². The number of thioether (sulfide) groups is 1. The van der Waals surface area contributed by atoms with Crippen molar-refractivity contribution in [3.05, 3.63) is 23.0 Å². The van der Waals surface area contributed by atoms with Crippen molar-refractivity contribution in [1.29, 1.82) is 0 Å². The maximum atomic E-state index is 12.5. The van der Waals surface area contributed by atoms with Gasteiger partial charge in [-0.2, -0.15) is 0 Å². The monoisotopic (exact) mass is 352 g/mol. The van der Waals surface area contributed by atoms with Crippen molar-refractivity contribution < 1.29 is 9.59 Å². The second kappa shape index (κ2) is 6.67. The topological polar surface area (TPSA) is 93.0 Å². The lowest BCUT2D eigenvalue weighted by molar-refractivity contribution is -0.135. The minimum absolute atomic E-state index is 0.101. The first-order valence-corrected chi connectivity index (χ1v) is 8.96. The molecule has 3 rings (SSSR count). The first kappa shape index (κ1) is 15.9. The molecule has 1 fully saturated rings. The number of thiazole rings is 1. The lowest BCUT2D eigenvalue weighted by atomic mass is 10.2. The highest BCUT2D eigenvalue weighted by atomic mass is 32.2. The number of carbonyl (C=O) groups excluding carboxylic acids is 2. The molecule has 2 aromatic rings. The van der Waals surface area contributed by atoms with Gasteiger partial charge in [0.1, 0.15) is 6.04 Å². The van der Waals surface area contributed by atoms with Crippen LogP contribution in [0.2, 0.25) is 0 Å². The molecule has 23 heavy (non-hydrogen) atoms. The molecule has 1 atom stereocenters. The predicted molar refractivity (Wildman–Crippen MR) is 88.1 cm³/mol. The van der Waals surface area contributed by atoms with Gasteiger partial charge >= 0.3 is 0 Å². The van der Waals surface area contributed by atoms with Gasteiger partial charge in [0.15, 0.2) is 5.13 Å². The second-order valence-electron chi connectivity index (χ2n) is 5.17. The summed E-state index contributed by atoms with van der Waals surface area (Å²) in [7, 11) is 1.74. The highest BCUT2D eigenvalue weighted by molar-refractivity contribution is 7.99. The Morgan fingerprint density at radius 2 is 2.26 bits per heavy atom. The molecule has 8 nitrogen and oxygen atoms in total. The Hall–Kier alpha value is -1.94. The number of hydrogen-bond donors (Lipinski definition) is 1. The van der Waals surface area contributed by atoms with E-state index in [-0.39, 0.29) is 18.2 Å². The Bertz CT molecular complexity index is 728. The number of rotatable bonds is 4. The number of aryl methyl sites for hydroxylation is 2. The molecule has 122 valence electrons. The van der Waals surface area contributed by atoms with Crippen molar-refractivity contribution in [3.63, 3.8) is 0 Å². The average Bonchev–Trinajstić information content (AvgIpc) is 3.22. The van der Waals surface area contributed by atoms with Crippen molar-refractivity contribution in [3.8, 4) is 0 Å². The maximum Gasteiger partial charge on any atom is 0.249 e. The first-order chi connectivity index (χ1) is 11.0. The van der Waals surface area contributed by atoms with E-state index in [2.05, 4.69) is 20.6 Å². The SMILES string of the molecule is Cc1cnc(NC(=O)C2CSCN2C(=O)Cc2cnnn2C)s1. The zero-order chi connectivity index (χ0) is 16.4. The molecule has 0 bridgehead atoms. The largest absolute Gasteiger partial charge is 0.320 e. The van der Waals surface area contributed by atoms with Gasteiger partial charge in [0.25, 0.3) is 0 Å². The van der Waals surface area contributed by atoms with E-state index in [0.29, 0.717) is 16.8 Å². The van der Waals surface area contributed by atoms with Crippen LogP contribution < -0.4 is 5.32 Å². The van der Waals surface area contributed by atoms with E-state index < -0.39 is 6.04 Å². The summed E-state index contributed by atoms with van der Waals surface area (Å²) in [5.41, 5.74) is 0.724. The van der Waals surface area contributed by atoms with Crippen molar-refractivity contribution in [1.82, 2.24) is 24.9 Å². The predicted octanol–water partition coefficient (Wildman–Crippen LogP) is 0.663. The Balaban J connectivity index is 1.66. The van der Waals surface area contributed by atoms with Crippen LogP contribution in [-0.2, 0) is 23.1 Å². The molecule has 0 spiro atoms. The first-order valence-electron chi connectivity index (χ1n) is 6.98. The number of carbonyl (C=O) groups is 2. The van der Waals surface area contributed by atoms with E-state index in [1.54, 1.807) is 40.8 Å². The van der Waals surface area contributed by atoms with Gasteiger partial charge in [0, 0.05) is 23.9 Å². The molecule has 0 aliphatic carbocycles. The normalized spacial score (nSPS) is 17.5. The minimum Gasteiger partial charge on any atom is -0.320 e. The van der Waals surface area contributed by atoms with Crippen molar-refractivity contribution in [2.24, 2.45) is 7.05 Å². The minimum atomic E-state index is -0.474. The Labute approximate surface area is 141 Å². The molecule has 1 aliphatic heterocycles. The van der Waals surface area contributed by atoms with E-state index in [1.807, 2.05) is 6.92 Å². The summed E-state index contributed by atoms with van der Waals surface area (Å²) in [5.74, 6) is 0.807. The molecule has 0 aromatic carbocycles. The highest BCUT2D eigenvalue weighted by Crippen LogP contribution is 2.24. The third kappa shape index (κ3) is 3.53. The third-order valence-electron chi connectivity index (χ3n) is 3.50. The van der Waals surface area contributed by atoms with Crippen molar-refractivity contribution >= 4 is 40.0 Å². The summed E-state index contributed by atoms with van der Waals surface area (Å²) >= 11 is 2.99. The number of amides is 2. The Morgan fingerprint density at radius 1 is 1.43 bits per heavy atom. The Morgan fingerprint density at radius 3 is 2.91 bits per heavy atom. The third-order valence-corrected chi connectivity index (χ3v) is 5.34. The van der Waals surface area contributed by atoms with E-state index >= 15 is 0 Å². The molecule has 1 saturated heterocycles. The molecule has 2 amide bonds. The van der Waals surface area contributed by atoms with E-state index in [4.69, 9.17) is 0 Å². The molecule has 10 heteroatoms. The quantitative estimate of drug-likeness (QED) is 0.869. The maximum absolute atomic E-state index is 12.5. The molecule has 1 aliphatic rings. The fraction of sp³-hybridized carbons (Fsp3) is 0.462. The van der Waals surface area contributed by atoms with Gasteiger partial charge in [-0.05, 0) is 6.92 Å². The van der Waals surface area contributed by atoms with Crippen LogP contribution in [0.25, 0.3) is 0 Å². The van der Waals surface area contributed by atoms with Crippen LogP contribution in [0.15, 0.2) is 12.4 Å². The van der Waals surface area contributed by atoms with Crippen LogP contribution in [0.4, 0.5) is 5.13 Å². The van der Waals surface area contributed by atoms with Crippen molar-refractivity contribution in [2.45, 2.75) is 19.4 Å². The fourth-order valence-electron chi connectivity index (χ4n) is 2.23. The zero-order valence-electron chi connectivity index (χ0n) is 12.7. The summed E-state index contributed by atoms with van der Waals surface area (Å²) in [5, 5.41) is 10.9. The molecule has 1 unspecified atom stereocenters. The van der Waals surface area contributed by atoms with Gasteiger partial charge in [-0.3, -0.25) is 14.3 Å². The number of anilines is 1. The van der Waals surface area contributed by atoms with Crippen LogP contribution >= 0.6 is 23.1 Å². The number of nitrogens with zero attached hydrogens (tertiary/aromatic N) is 5. The van der Waals surface area contributed by atoms with Gasteiger partial charge in [0.2, 0.25) is 11.8 Å². The molecule has 3 heterocycles. The molecule has 0 radical (unpaired) electrons. The average molecular weight is 352 g/mol. The van der Waals surface area contributed by atoms with Crippen LogP contribution in [0, 0.1) is 6.92 Å². The molecule has 1 N–H and O–H groups in total. The molecule has 0 saturated carbocycles. The molecular formula is C13H16N6O2S2. The van der Waals surface area contributed by atoms with E-state index in [9.17, 15) is 9.59 Å². The van der Waals surface area contributed by atoms with Gasteiger partial charge in [-0.25, -0.2) is 4.98 Å². The lowest BCUT2D eigenvalue weighted by Crippen LogP contribution is -2.45. The molecule has 2 aromatic heterocycles. The molecular weight excluding hydrogens is 336 g/mol. The van der Waals surface area contributed by atoms with Gasteiger partial charge in [-0.1, -0.05) is 5.21 Å². The van der Waals surface area contributed by atoms with E-state index in [1.165, 1.54) is 11.3 Å². The standard InChI is InChI=1S/C13H16N6O2S2/c1-8-4-14-13(23-8)16-12(21)10-6-22-7-19(10)11(20)3-9-5-15-17-18(9)2/h4-5,10H,3,6-7H2,1-2H3,(H,14,16,21). The van der Waals surface area contributed by atoms with Crippen LogP contribution in [0.5, 0.6) is 0 Å². The van der Waals surface area contributed by atoms with Crippen LogP contribution in [-0.4, -0.2) is 54.4 Å².